The lowest BCUT2D eigenvalue weighted by Gasteiger charge is -2.27. The summed E-state index contributed by atoms with van der Waals surface area (Å²) >= 11 is 7.28. The van der Waals surface area contributed by atoms with E-state index >= 15 is 0 Å². The number of pyridine rings is 1. The van der Waals surface area contributed by atoms with Crippen LogP contribution < -0.4 is 5.32 Å². The number of carbonyl (C=O) groups excluding carboxylic acids is 1. The van der Waals surface area contributed by atoms with Gasteiger partial charge in [0.2, 0.25) is 0 Å². The van der Waals surface area contributed by atoms with E-state index in [4.69, 9.17) is 11.6 Å². The van der Waals surface area contributed by atoms with Crippen molar-refractivity contribution in [1.29, 1.82) is 0 Å². The molecule has 0 radical (unpaired) electrons. The summed E-state index contributed by atoms with van der Waals surface area (Å²) in [7, 11) is 0. The lowest BCUT2D eigenvalue weighted by molar-refractivity contribution is 0.0901. The Morgan fingerprint density at radius 1 is 1.50 bits per heavy atom. The van der Waals surface area contributed by atoms with Crippen molar-refractivity contribution in [2.24, 2.45) is 0 Å². The zero-order valence-electron chi connectivity index (χ0n) is 11.6. The first-order valence-corrected chi connectivity index (χ1v) is 7.57. The lowest BCUT2D eigenvalue weighted by atomic mass is 9.99. The van der Waals surface area contributed by atoms with Gasteiger partial charge < -0.3 is 5.32 Å². The van der Waals surface area contributed by atoms with E-state index in [0.717, 1.165) is 17.1 Å². The molecule has 1 atom stereocenters. The number of aromatic nitrogens is 2. The molecule has 0 saturated heterocycles. The first kappa shape index (κ1) is 14.9. The second-order valence-electron chi connectivity index (χ2n) is 4.80. The summed E-state index contributed by atoms with van der Waals surface area (Å²) in [6.07, 6.45) is 2.23. The van der Waals surface area contributed by atoms with Crippen LogP contribution >= 0.6 is 22.9 Å². The number of halogens is 1. The number of nitrogens with zero attached hydrogens (tertiary/aromatic N) is 2. The highest BCUT2D eigenvalue weighted by Crippen LogP contribution is 2.27. The molecule has 2 rings (SSSR count). The average molecular weight is 310 g/mol. The quantitative estimate of drug-likeness (QED) is 0.879. The van der Waals surface area contributed by atoms with Gasteiger partial charge in [-0.05, 0) is 32.4 Å². The molecule has 1 amide bonds. The van der Waals surface area contributed by atoms with Crippen molar-refractivity contribution in [2.75, 3.05) is 0 Å². The molecule has 4 nitrogen and oxygen atoms in total. The van der Waals surface area contributed by atoms with Crippen LogP contribution in [0.4, 0.5) is 0 Å². The Morgan fingerprint density at radius 3 is 2.75 bits per heavy atom. The zero-order chi connectivity index (χ0) is 14.8. The molecule has 0 aromatic carbocycles. The third-order valence-electron chi connectivity index (χ3n) is 3.18. The van der Waals surface area contributed by atoms with Gasteiger partial charge >= 0.3 is 0 Å². The largest absolute Gasteiger partial charge is 0.340 e. The van der Waals surface area contributed by atoms with Gasteiger partial charge in [-0.2, -0.15) is 0 Å². The van der Waals surface area contributed by atoms with Gasteiger partial charge in [-0.1, -0.05) is 18.5 Å². The van der Waals surface area contributed by atoms with Crippen LogP contribution in [0.1, 0.15) is 41.3 Å². The Kier molecular flexibility index (Phi) is 4.40. The smallest absolute Gasteiger partial charge is 0.253 e. The number of hydrogen-bond acceptors (Lipinski definition) is 4. The topological polar surface area (TPSA) is 54.9 Å². The Labute approximate surface area is 127 Å². The molecule has 106 valence electrons. The third-order valence-corrected chi connectivity index (χ3v) is 4.62. The van der Waals surface area contributed by atoms with Gasteiger partial charge in [-0.15, -0.1) is 11.3 Å². The molecular weight excluding hydrogens is 294 g/mol. The van der Waals surface area contributed by atoms with E-state index in [-0.39, 0.29) is 5.91 Å². The van der Waals surface area contributed by atoms with Gasteiger partial charge in [0.1, 0.15) is 10.2 Å². The van der Waals surface area contributed by atoms with Gasteiger partial charge in [0.15, 0.2) is 0 Å². The van der Waals surface area contributed by atoms with Gasteiger partial charge in [-0.25, -0.2) is 9.97 Å². The van der Waals surface area contributed by atoms with E-state index < -0.39 is 5.54 Å². The van der Waals surface area contributed by atoms with Gasteiger partial charge in [-0.3, -0.25) is 4.79 Å². The molecule has 0 aliphatic heterocycles. The summed E-state index contributed by atoms with van der Waals surface area (Å²) in [5.74, 6) is -0.175. The van der Waals surface area contributed by atoms with Crippen molar-refractivity contribution in [1.82, 2.24) is 15.3 Å². The minimum atomic E-state index is -0.477. The standard InChI is InChI=1S/C14H16ClN3OS/c1-4-14(3,13-17-9(2)8-20-13)18-12(19)10-5-6-11(15)16-7-10/h5-8H,4H2,1-3H3,(H,18,19)/t14-/m1/s1. The number of rotatable bonds is 4. The molecule has 0 aliphatic rings. The first-order chi connectivity index (χ1) is 9.44. The van der Waals surface area contributed by atoms with Gasteiger partial charge in [0.25, 0.3) is 5.91 Å². The molecule has 2 aromatic heterocycles. The summed E-state index contributed by atoms with van der Waals surface area (Å²) < 4.78 is 0. The van der Waals surface area contributed by atoms with Crippen LogP contribution in [0, 0.1) is 6.92 Å². The molecule has 0 fully saturated rings. The minimum Gasteiger partial charge on any atom is -0.340 e. The first-order valence-electron chi connectivity index (χ1n) is 6.31. The van der Waals surface area contributed by atoms with Gasteiger partial charge in [0, 0.05) is 17.3 Å². The molecule has 0 spiro atoms. The molecule has 0 bridgehead atoms. The highest BCUT2D eigenvalue weighted by atomic mass is 35.5. The van der Waals surface area contributed by atoms with E-state index in [2.05, 4.69) is 15.3 Å². The van der Waals surface area contributed by atoms with E-state index in [1.807, 2.05) is 26.2 Å². The second kappa shape index (κ2) is 5.89. The maximum Gasteiger partial charge on any atom is 0.253 e. The highest BCUT2D eigenvalue weighted by Gasteiger charge is 2.30. The summed E-state index contributed by atoms with van der Waals surface area (Å²) in [6.45, 7) is 5.95. The van der Waals surface area contributed by atoms with Crippen LogP contribution in [0.15, 0.2) is 23.7 Å². The number of carbonyl (C=O) groups is 1. The second-order valence-corrected chi connectivity index (χ2v) is 6.05. The Bertz CT molecular complexity index is 611. The fraction of sp³-hybridized carbons (Fsp3) is 0.357. The summed E-state index contributed by atoms with van der Waals surface area (Å²) in [4.78, 5) is 20.7. The van der Waals surface area contributed by atoms with Gasteiger partial charge in [0.05, 0.1) is 11.1 Å². The zero-order valence-corrected chi connectivity index (χ0v) is 13.2. The van der Waals surface area contributed by atoms with Crippen molar-refractivity contribution in [3.8, 4) is 0 Å². The van der Waals surface area contributed by atoms with Crippen LogP contribution in [0.5, 0.6) is 0 Å². The third kappa shape index (κ3) is 3.16. The van der Waals surface area contributed by atoms with E-state index in [0.29, 0.717) is 10.7 Å². The monoisotopic (exact) mass is 309 g/mol. The van der Waals surface area contributed by atoms with Crippen molar-refractivity contribution < 1.29 is 4.79 Å². The van der Waals surface area contributed by atoms with Crippen molar-refractivity contribution in [3.63, 3.8) is 0 Å². The fourth-order valence-electron chi connectivity index (χ4n) is 1.73. The normalized spacial score (nSPS) is 13.8. The molecule has 0 aliphatic carbocycles. The number of nitrogens with one attached hydrogen (secondary N) is 1. The average Bonchev–Trinajstić information content (AvgIpc) is 2.86. The molecule has 0 saturated carbocycles. The van der Waals surface area contributed by atoms with Crippen LogP contribution in [0.2, 0.25) is 5.15 Å². The summed E-state index contributed by atoms with van der Waals surface area (Å²) in [6, 6.07) is 3.27. The molecule has 0 unspecified atom stereocenters. The molecule has 2 aromatic rings. The van der Waals surface area contributed by atoms with Crippen LogP contribution in [0.3, 0.4) is 0 Å². The molecular formula is C14H16ClN3OS. The number of amides is 1. The molecule has 2 heterocycles. The number of hydrogen-bond donors (Lipinski definition) is 1. The fourth-order valence-corrected chi connectivity index (χ4v) is 2.83. The molecule has 20 heavy (non-hydrogen) atoms. The van der Waals surface area contributed by atoms with E-state index in [1.54, 1.807) is 23.5 Å². The van der Waals surface area contributed by atoms with Crippen LogP contribution in [-0.4, -0.2) is 15.9 Å². The van der Waals surface area contributed by atoms with Crippen molar-refractivity contribution in [2.45, 2.75) is 32.7 Å². The van der Waals surface area contributed by atoms with Crippen LogP contribution in [-0.2, 0) is 5.54 Å². The summed E-state index contributed by atoms with van der Waals surface area (Å²) in [5.41, 5.74) is 0.977. The van der Waals surface area contributed by atoms with Crippen LogP contribution in [0.25, 0.3) is 0 Å². The molecule has 1 N–H and O–H groups in total. The molecule has 6 heteroatoms. The Balaban J connectivity index is 2.21. The lowest BCUT2D eigenvalue weighted by Crippen LogP contribution is -2.43. The SMILES string of the molecule is CC[C@@](C)(NC(=O)c1ccc(Cl)nc1)c1nc(C)cs1. The Morgan fingerprint density at radius 2 is 2.25 bits per heavy atom. The van der Waals surface area contributed by atoms with E-state index in [9.17, 15) is 4.79 Å². The van der Waals surface area contributed by atoms with Crippen molar-refractivity contribution in [3.05, 3.63) is 45.1 Å². The number of thiazole rings is 1. The predicted molar refractivity (Wildman–Crippen MR) is 81.2 cm³/mol. The summed E-state index contributed by atoms with van der Waals surface area (Å²) in [5, 5.41) is 6.30. The number of aryl methyl sites for hydroxylation is 1. The highest BCUT2D eigenvalue weighted by molar-refractivity contribution is 7.09. The minimum absolute atomic E-state index is 0.175. The maximum atomic E-state index is 12.3. The van der Waals surface area contributed by atoms with E-state index in [1.165, 1.54) is 6.20 Å². The Hall–Kier alpha value is -1.46. The van der Waals surface area contributed by atoms with Crippen molar-refractivity contribution >= 4 is 28.8 Å². The predicted octanol–water partition coefficient (Wildman–Crippen LogP) is 3.56. The maximum absolute atomic E-state index is 12.3.